The minimum Gasteiger partial charge on any atom is -0.326 e. The molecule has 1 aliphatic rings. The molecule has 0 bridgehead atoms. The summed E-state index contributed by atoms with van der Waals surface area (Å²) in [5.74, 6) is -0.0764. The lowest BCUT2D eigenvalue weighted by molar-refractivity contribution is -0.114. The van der Waals surface area contributed by atoms with Gasteiger partial charge in [-0.25, -0.2) is 0 Å². The number of carbonyl (C=O) groups is 1. The molecule has 2 atom stereocenters. The van der Waals surface area contributed by atoms with E-state index in [9.17, 15) is 4.79 Å². The predicted octanol–water partition coefficient (Wildman–Crippen LogP) is 1.28. The summed E-state index contributed by atoms with van der Waals surface area (Å²) in [6, 6.07) is 0.454. The lowest BCUT2D eigenvalue weighted by Crippen LogP contribution is -2.35. The van der Waals surface area contributed by atoms with E-state index in [1.54, 1.807) is 6.20 Å². The van der Waals surface area contributed by atoms with Crippen molar-refractivity contribution in [1.82, 2.24) is 9.78 Å². The lowest BCUT2D eigenvalue weighted by Gasteiger charge is -2.28. The number of carbonyl (C=O) groups excluding carboxylic acids is 1. The van der Waals surface area contributed by atoms with E-state index in [4.69, 9.17) is 5.73 Å². The van der Waals surface area contributed by atoms with Gasteiger partial charge in [0.2, 0.25) is 5.91 Å². The van der Waals surface area contributed by atoms with Crippen LogP contribution in [0, 0.1) is 0 Å². The third-order valence-electron chi connectivity index (χ3n) is 3.04. The molecule has 16 heavy (non-hydrogen) atoms. The monoisotopic (exact) mass is 222 g/mol. The topological polar surface area (TPSA) is 72.9 Å². The SMILES string of the molecule is CC(=O)Nc1cnn(C2CCCCC2N)c1. The Hall–Kier alpha value is -1.36. The van der Waals surface area contributed by atoms with Crippen molar-refractivity contribution >= 4 is 11.6 Å². The molecule has 1 amide bonds. The summed E-state index contributed by atoms with van der Waals surface area (Å²) in [5.41, 5.74) is 6.81. The highest BCUT2D eigenvalue weighted by atomic mass is 16.1. The maximum atomic E-state index is 10.9. The van der Waals surface area contributed by atoms with Crippen LogP contribution in [0.2, 0.25) is 0 Å². The van der Waals surface area contributed by atoms with Crippen LogP contribution in [0.15, 0.2) is 12.4 Å². The van der Waals surface area contributed by atoms with Gasteiger partial charge in [-0.2, -0.15) is 5.10 Å². The van der Waals surface area contributed by atoms with Crippen LogP contribution in [0.3, 0.4) is 0 Å². The molecule has 3 N–H and O–H groups in total. The molecule has 0 aliphatic heterocycles. The molecule has 1 aromatic heterocycles. The van der Waals surface area contributed by atoms with Crippen LogP contribution in [0.5, 0.6) is 0 Å². The Kier molecular flexibility index (Phi) is 3.24. The van der Waals surface area contributed by atoms with E-state index in [-0.39, 0.29) is 18.0 Å². The Morgan fingerprint density at radius 1 is 1.56 bits per heavy atom. The van der Waals surface area contributed by atoms with Crippen LogP contribution in [0.25, 0.3) is 0 Å². The maximum absolute atomic E-state index is 10.9. The zero-order chi connectivity index (χ0) is 11.5. The van der Waals surface area contributed by atoms with Crippen molar-refractivity contribution < 1.29 is 4.79 Å². The smallest absolute Gasteiger partial charge is 0.221 e. The maximum Gasteiger partial charge on any atom is 0.221 e. The molecule has 1 saturated carbocycles. The fourth-order valence-electron chi connectivity index (χ4n) is 2.26. The summed E-state index contributed by atoms with van der Waals surface area (Å²) >= 11 is 0. The highest BCUT2D eigenvalue weighted by Gasteiger charge is 2.23. The average Bonchev–Trinajstić information content (AvgIpc) is 2.66. The Balaban J connectivity index is 2.08. The van der Waals surface area contributed by atoms with E-state index in [2.05, 4.69) is 10.4 Å². The van der Waals surface area contributed by atoms with Crippen molar-refractivity contribution in [2.75, 3.05) is 5.32 Å². The second kappa shape index (κ2) is 4.65. The molecule has 88 valence electrons. The van der Waals surface area contributed by atoms with Crippen LogP contribution in [0.4, 0.5) is 5.69 Å². The van der Waals surface area contributed by atoms with Gasteiger partial charge >= 0.3 is 0 Å². The van der Waals surface area contributed by atoms with Crippen molar-refractivity contribution in [2.24, 2.45) is 5.73 Å². The van der Waals surface area contributed by atoms with Gasteiger partial charge in [0.05, 0.1) is 17.9 Å². The van der Waals surface area contributed by atoms with E-state index >= 15 is 0 Å². The number of rotatable bonds is 2. The van der Waals surface area contributed by atoms with Crippen LogP contribution in [-0.2, 0) is 4.79 Å². The third-order valence-corrected chi connectivity index (χ3v) is 3.04. The third kappa shape index (κ3) is 2.41. The first-order valence-electron chi connectivity index (χ1n) is 5.74. The first-order chi connectivity index (χ1) is 7.66. The van der Waals surface area contributed by atoms with Crippen molar-refractivity contribution in [3.63, 3.8) is 0 Å². The van der Waals surface area contributed by atoms with Crippen molar-refractivity contribution in [3.05, 3.63) is 12.4 Å². The van der Waals surface area contributed by atoms with Gasteiger partial charge < -0.3 is 11.1 Å². The predicted molar refractivity (Wildman–Crippen MR) is 62.0 cm³/mol. The fraction of sp³-hybridized carbons (Fsp3) is 0.636. The molecular formula is C11H18N4O. The highest BCUT2D eigenvalue weighted by molar-refractivity contribution is 5.88. The highest BCUT2D eigenvalue weighted by Crippen LogP contribution is 2.27. The molecule has 1 fully saturated rings. The molecule has 5 heteroatoms. The Morgan fingerprint density at radius 2 is 2.31 bits per heavy atom. The van der Waals surface area contributed by atoms with Crippen LogP contribution < -0.4 is 11.1 Å². The van der Waals surface area contributed by atoms with Crippen molar-refractivity contribution in [3.8, 4) is 0 Å². The fourth-order valence-corrected chi connectivity index (χ4v) is 2.26. The largest absolute Gasteiger partial charge is 0.326 e. The number of amides is 1. The summed E-state index contributed by atoms with van der Waals surface area (Å²) in [7, 11) is 0. The summed E-state index contributed by atoms with van der Waals surface area (Å²) in [4.78, 5) is 10.9. The number of hydrogen-bond acceptors (Lipinski definition) is 3. The van der Waals surface area contributed by atoms with Crippen LogP contribution >= 0.6 is 0 Å². The van der Waals surface area contributed by atoms with Crippen molar-refractivity contribution in [1.29, 1.82) is 0 Å². The van der Waals surface area contributed by atoms with E-state index in [1.807, 2.05) is 10.9 Å². The molecule has 0 saturated heterocycles. The number of hydrogen-bond donors (Lipinski definition) is 2. The number of nitrogens with two attached hydrogens (primary N) is 1. The second-order valence-corrected chi connectivity index (χ2v) is 4.41. The normalized spacial score (nSPS) is 25.4. The lowest BCUT2D eigenvalue weighted by atomic mass is 9.91. The van der Waals surface area contributed by atoms with Crippen LogP contribution in [-0.4, -0.2) is 21.7 Å². The molecular weight excluding hydrogens is 204 g/mol. The number of aromatic nitrogens is 2. The molecule has 1 heterocycles. The molecule has 0 radical (unpaired) electrons. The summed E-state index contributed by atoms with van der Waals surface area (Å²) in [6.45, 7) is 1.49. The number of nitrogens with zero attached hydrogens (tertiary/aromatic N) is 2. The van der Waals surface area contributed by atoms with E-state index in [0.29, 0.717) is 0 Å². The van der Waals surface area contributed by atoms with Crippen LogP contribution in [0.1, 0.15) is 38.6 Å². The van der Waals surface area contributed by atoms with Crippen molar-refractivity contribution in [2.45, 2.75) is 44.7 Å². The van der Waals surface area contributed by atoms with E-state index in [1.165, 1.54) is 19.8 Å². The molecule has 1 aromatic rings. The standard InChI is InChI=1S/C11H18N4O/c1-8(16)14-9-6-13-15(7-9)11-5-3-2-4-10(11)12/h6-7,10-11H,2-5,12H2,1H3,(H,14,16). The summed E-state index contributed by atoms with van der Waals surface area (Å²) in [6.07, 6.45) is 8.06. The van der Waals surface area contributed by atoms with Gasteiger partial charge in [-0.15, -0.1) is 0 Å². The number of anilines is 1. The molecule has 0 spiro atoms. The molecule has 2 unspecified atom stereocenters. The number of nitrogens with one attached hydrogen (secondary N) is 1. The Bertz CT molecular complexity index is 374. The minimum atomic E-state index is -0.0764. The van der Waals surface area contributed by atoms with Gasteiger partial charge in [0, 0.05) is 19.2 Å². The average molecular weight is 222 g/mol. The zero-order valence-corrected chi connectivity index (χ0v) is 9.52. The second-order valence-electron chi connectivity index (χ2n) is 4.41. The van der Waals surface area contributed by atoms with Gasteiger partial charge in [0.15, 0.2) is 0 Å². The summed E-state index contributed by atoms with van der Waals surface area (Å²) < 4.78 is 1.88. The minimum absolute atomic E-state index is 0.0764. The summed E-state index contributed by atoms with van der Waals surface area (Å²) in [5, 5.41) is 6.98. The first-order valence-corrected chi connectivity index (χ1v) is 5.74. The zero-order valence-electron chi connectivity index (χ0n) is 9.52. The van der Waals surface area contributed by atoms with E-state index < -0.39 is 0 Å². The Morgan fingerprint density at radius 3 is 3.00 bits per heavy atom. The van der Waals surface area contributed by atoms with E-state index in [0.717, 1.165) is 18.5 Å². The first kappa shape index (κ1) is 11.1. The molecule has 5 nitrogen and oxygen atoms in total. The van der Waals surface area contributed by atoms with Gasteiger partial charge in [-0.05, 0) is 12.8 Å². The molecule has 0 aromatic carbocycles. The van der Waals surface area contributed by atoms with Gasteiger partial charge in [0.1, 0.15) is 0 Å². The Labute approximate surface area is 95.0 Å². The molecule has 1 aliphatic carbocycles. The van der Waals surface area contributed by atoms with Gasteiger partial charge in [-0.1, -0.05) is 12.8 Å². The quantitative estimate of drug-likeness (QED) is 0.791. The molecule has 2 rings (SSSR count). The van der Waals surface area contributed by atoms with Gasteiger partial charge in [-0.3, -0.25) is 9.48 Å². The van der Waals surface area contributed by atoms with Gasteiger partial charge in [0.25, 0.3) is 0 Å².